The van der Waals surface area contributed by atoms with Crippen LogP contribution in [0.3, 0.4) is 0 Å². The van der Waals surface area contributed by atoms with Crippen LogP contribution in [0.15, 0.2) is 54.6 Å². The minimum Gasteiger partial charge on any atom is -0.508 e. The van der Waals surface area contributed by atoms with Crippen molar-refractivity contribution in [2.45, 2.75) is 12.8 Å². The van der Waals surface area contributed by atoms with Gasteiger partial charge >= 0.3 is 5.97 Å². The minimum absolute atomic E-state index is 0.212. The molecule has 3 nitrogen and oxygen atoms in total. The van der Waals surface area contributed by atoms with Gasteiger partial charge in [0, 0.05) is 6.42 Å². The number of benzene rings is 2. The highest BCUT2D eigenvalue weighted by molar-refractivity contribution is 5.72. The molecule has 1 N–H and O–H groups in total. The first-order chi connectivity index (χ1) is 8.74. The molecule has 0 spiro atoms. The Labute approximate surface area is 106 Å². The van der Waals surface area contributed by atoms with Gasteiger partial charge in [0.2, 0.25) is 0 Å². The lowest BCUT2D eigenvalue weighted by molar-refractivity contribution is -0.134. The Kier molecular flexibility index (Phi) is 3.97. The number of hydrogen-bond acceptors (Lipinski definition) is 3. The number of carbonyl (C=O) groups is 1. The van der Waals surface area contributed by atoms with Gasteiger partial charge in [-0.2, -0.15) is 0 Å². The van der Waals surface area contributed by atoms with E-state index in [1.54, 1.807) is 30.3 Å². The van der Waals surface area contributed by atoms with Crippen molar-refractivity contribution in [3.8, 4) is 11.5 Å². The van der Waals surface area contributed by atoms with Gasteiger partial charge in [-0.05, 0) is 36.2 Å². The lowest BCUT2D eigenvalue weighted by atomic mass is 10.1. The van der Waals surface area contributed by atoms with Crippen molar-refractivity contribution in [1.82, 2.24) is 0 Å². The van der Waals surface area contributed by atoms with Gasteiger partial charge in [0.25, 0.3) is 0 Å². The number of aryl methyl sites for hydroxylation is 1. The summed E-state index contributed by atoms with van der Waals surface area (Å²) in [5.41, 5.74) is 0.917. The Morgan fingerprint density at radius 3 is 2.56 bits per heavy atom. The van der Waals surface area contributed by atoms with Crippen LogP contribution in [-0.4, -0.2) is 11.1 Å². The Bertz CT molecular complexity index is 520. The van der Waals surface area contributed by atoms with Crippen LogP contribution in [0.1, 0.15) is 12.0 Å². The highest BCUT2D eigenvalue weighted by atomic mass is 16.5. The quantitative estimate of drug-likeness (QED) is 0.662. The largest absolute Gasteiger partial charge is 0.508 e. The van der Waals surface area contributed by atoms with E-state index in [0.29, 0.717) is 18.6 Å². The van der Waals surface area contributed by atoms with E-state index >= 15 is 0 Å². The fourth-order valence-corrected chi connectivity index (χ4v) is 1.63. The van der Waals surface area contributed by atoms with Crippen LogP contribution in [0.4, 0.5) is 0 Å². The van der Waals surface area contributed by atoms with E-state index in [9.17, 15) is 9.90 Å². The van der Waals surface area contributed by atoms with E-state index in [0.717, 1.165) is 5.56 Å². The molecule has 0 aliphatic rings. The number of carbonyl (C=O) groups excluding carboxylic acids is 1. The zero-order chi connectivity index (χ0) is 12.8. The Hall–Kier alpha value is -2.29. The Balaban J connectivity index is 1.85. The normalized spacial score (nSPS) is 10.0. The molecule has 0 saturated heterocycles. The minimum atomic E-state index is -0.274. The van der Waals surface area contributed by atoms with Crippen LogP contribution in [-0.2, 0) is 11.2 Å². The molecule has 2 aromatic carbocycles. The summed E-state index contributed by atoms with van der Waals surface area (Å²) in [6.45, 7) is 0. The fourth-order valence-electron chi connectivity index (χ4n) is 1.63. The van der Waals surface area contributed by atoms with E-state index in [4.69, 9.17) is 4.74 Å². The molecule has 0 unspecified atom stereocenters. The van der Waals surface area contributed by atoms with E-state index < -0.39 is 0 Å². The van der Waals surface area contributed by atoms with Crippen molar-refractivity contribution in [2.24, 2.45) is 0 Å². The summed E-state index contributed by atoms with van der Waals surface area (Å²) >= 11 is 0. The number of hydrogen-bond donors (Lipinski definition) is 1. The van der Waals surface area contributed by atoms with Crippen LogP contribution in [0, 0.1) is 0 Å². The highest BCUT2D eigenvalue weighted by Gasteiger charge is 2.05. The molecule has 3 heteroatoms. The van der Waals surface area contributed by atoms with E-state index in [-0.39, 0.29) is 11.7 Å². The number of aromatic hydroxyl groups is 1. The van der Waals surface area contributed by atoms with Crippen LogP contribution in [0.5, 0.6) is 11.5 Å². The zero-order valence-electron chi connectivity index (χ0n) is 9.87. The third-order valence-corrected chi connectivity index (χ3v) is 2.50. The summed E-state index contributed by atoms with van der Waals surface area (Å²) in [5, 5.41) is 9.30. The summed E-state index contributed by atoms with van der Waals surface area (Å²) in [6.07, 6.45) is 0.846. The van der Waals surface area contributed by atoms with Gasteiger partial charge in [0.1, 0.15) is 11.5 Å². The first-order valence-corrected chi connectivity index (χ1v) is 5.78. The van der Waals surface area contributed by atoms with Crippen molar-refractivity contribution in [1.29, 1.82) is 0 Å². The second-order valence-corrected chi connectivity index (χ2v) is 3.96. The molecule has 0 atom stereocenters. The third-order valence-electron chi connectivity index (χ3n) is 2.50. The van der Waals surface area contributed by atoms with Gasteiger partial charge in [-0.1, -0.05) is 30.3 Å². The summed E-state index contributed by atoms with van der Waals surface area (Å²) in [5.74, 6) is 0.492. The molecule has 0 radical (unpaired) electrons. The third kappa shape index (κ3) is 3.63. The zero-order valence-corrected chi connectivity index (χ0v) is 9.87. The van der Waals surface area contributed by atoms with Gasteiger partial charge in [-0.3, -0.25) is 4.79 Å². The maximum Gasteiger partial charge on any atom is 0.311 e. The van der Waals surface area contributed by atoms with Crippen molar-refractivity contribution in [3.05, 3.63) is 60.2 Å². The predicted octanol–water partition coefficient (Wildman–Crippen LogP) is 2.93. The van der Waals surface area contributed by atoms with Crippen molar-refractivity contribution in [2.75, 3.05) is 0 Å². The number of rotatable bonds is 4. The van der Waals surface area contributed by atoms with Crippen LogP contribution >= 0.6 is 0 Å². The molecule has 0 bridgehead atoms. The lowest BCUT2D eigenvalue weighted by Crippen LogP contribution is -2.08. The van der Waals surface area contributed by atoms with Gasteiger partial charge in [0.15, 0.2) is 0 Å². The Morgan fingerprint density at radius 1 is 1.06 bits per heavy atom. The maximum absolute atomic E-state index is 11.6. The SMILES string of the molecule is O=C(CCc1cccc(O)c1)Oc1ccccc1. The standard InChI is InChI=1S/C15H14O3/c16-13-6-4-5-12(11-13)9-10-15(17)18-14-7-2-1-3-8-14/h1-8,11,16H,9-10H2. The molecule has 0 heterocycles. The molecule has 0 aliphatic carbocycles. The van der Waals surface area contributed by atoms with Gasteiger partial charge in [-0.15, -0.1) is 0 Å². The van der Waals surface area contributed by atoms with Crippen molar-refractivity contribution >= 4 is 5.97 Å². The molecule has 18 heavy (non-hydrogen) atoms. The van der Waals surface area contributed by atoms with Crippen molar-refractivity contribution < 1.29 is 14.6 Å². The van der Waals surface area contributed by atoms with Crippen molar-refractivity contribution in [3.63, 3.8) is 0 Å². The number of phenols is 1. The maximum atomic E-state index is 11.6. The molecule has 0 saturated carbocycles. The first-order valence-electron chi connectivity index (χ1n) is 5.78. The fraction of sp³-hybridized carbons (Fsp3) is 0.133. The molecular formula is C15H14O3. The second-order valence-electron chi connectivity index (χ2n) is 3.96. The number of phenolic OH excluding ortho intramolecular Hbond substituents is 1. The van der Waals surface area contributed by atoms with Crippen LogP contribution < -0.4 is 4.74 Å². The molecule has 0 amide bonds. The molecule has 2 rings (SSSR count). The summed E-state index contributed by atoms with van der Waals surface area (Å²) in [7, 11) is 0. The summed E-state index contributed by atoms with van der Waals surface area (Å²) < 4.78 is 5.16. The number of esters is 1. The van der Waals surface area contributed by atoms with Gasteiger partial charge in [0.05, 0.1) is 0 Å². The molecule has 2 aromatic rings. The summed E-state index contributed by atoms with van der Waals surface area (Å²) in [6, 6.07) is 15.9. The lowest BCUT2D eigenvalue weighted by Gasteiger charge is -2.04. The molecule has 0 aliphatic heterocycles. The predicted molar refractivity (Wildman–Crippen MR) is 68.5 cm³/mol. The summed E-state index contributed by atoms with van der Waals surface area (Å²) in [4.78, 5) is 11.6. The second kappa shape index (κ2) is 5.87. The molecular weight excluding hydrogens is 228 g/mol. The van der Waals surface area contributed by atoms with E-state index in [2.05, 4.69) is 0 Å². The van der Waals surface area contributed by atoms with Crippen LogP contribution in [0.25, 0.3) is 0 Å². The average molecular weight is 242 g/mol. The van der Waals surface area contributed by atoms with Gasteiger partial charge in [-0.25, -0.2) is 0 Å². The molecule has 92 valence electrons. The Morgan fingerprint density at radius 2 is 1.83 bits per heavy atom. The van der Waals surface area contributed by atoms with E-state index in [1.165, 1.54) is 0 Å². The first kappa shape index (κ1) is 12.2. The van der Waals surface area contributed by atoms with Crippen LogP contribution in [0.2, 0.25) is 0 Å². The molecule has 0 fully saturated rings. The number of ether oxygens (including phenoxy) is 1. The highest BCUT2D eigenvalue weighted by Crippen LogP contribution is 2.14. The monoisotopic (exact) mass is 242 g/mol. The smallest absolute Gasteiger partial charge is 0.311 e. The average Bonchev–Trinajstić information content (AvgIpc) is 2.38. The van der Waals surface area contributed by atoms with E-state index in [1.807, 2.05) is 24.3 Å². The number of para-hydroxylation sites is 1. The molecule has 0 aromatic heterocycles. The van der Waals surface area contributed by atoms with Gasteiger partial charge < -0.3 is 9.84 Å². The topological polar surface area (TPSA) is 46.5 Å².